The van der Waals surface area contributed by atoms with Crippen molar-refractivity contribution in [2.45, 2.75) is 306 Å². The average molecular weight is 1500 g/mol. The maximum absolute atomic E-state index is 10.3. The van der Waals surface area contributed by atoms with Crippen LogP contribution in [-0.4, -0.2) is 80.8 Å². The van der Waals surface area contributed by atoms with Crippen molar-refractivity contribution in [2.24, 2.45) is 11.3 Å². The number of rotatable bonds is 34. The van der Waals surface area contributed by atoms with Crippen LogP contribution in [0.25, 0.3) is 0 Å². The van der Waals surface area contributed by atoms with Gasteiger partial charge in [0.15, 0.2) is 6.29 Å². The molecule has 3 aliphatic rings. The molecule has 1 heterocycles. The van der Waals surface area contributed by atoms with Crippen LogP contribution in [0.5, 0.6) is 40.2 Å². The largest absolute Gasteiger partial charge is 0.508 e. The molecule has 1 aliphatic heterocycles. The number of phenolic OH excluding ortho intramolecular Hbond substituents is 3. The molecule has 109 heavy (non-hydrogen) atoms. The zero-order chi connectivity index (χ0) is 79.5. The average Bonchev–Trinajstić information content (AvgIpc) is 0.997. The highest BCUT2D eigenvalue weighted by molar-refractivity contribution is 5.44. The first kappa shape index (κ1) is 92.5. The molecular weight excluding hydrogens is 1360 g/mol. The third-order valence-corrected chi connectivity index (χ3v) is 21.7. The third kappa shape index (κ3) is 36.8. The third-order valence-electron chi connectivity index (χ3n) is 21.7. The molecule has 0 aromatic heterocycles. The zero-order valence-corrected chi connectivity index (χ0v) is 70.6. The molecular formula is C97H144O12. The van der Waals surface area contributed by atoms with Gasteiger partial charge in [-0.05, 0) is 235 Å². The Labute approximate surface area is 660 Å². The van der Waals surface area contributed by atoms with Gasteiger partial charge in [0.25, 0.3) is 0 Å². The molecule has 3 N–H and O–H groups in total. The number of hydrogen-bond acceptors (Lipinski definition) is 12. The molecule has 0 bridgehead atoms. The lowest BCUT2D eigenvalue weighted by molar-refractivity contribution is -0.142. The van der Waals surface area contributed by atoms with Gasteiger partial charge in [-0.25, -0.2) is 0 Å². The van der Waals surface area contributed by atoms with Crippen molar-refractivity contribution in [3.8, 4) is 40.2 Å². The van der Waals surface area contributed by atoms with Crippen LogP contribution >= 0.6 is 0 Å². The lowest BCUT2D eigenvalue weighted by atomic mass is 9.87. The highest BCUT2D eigenvalue weighted by Gasteiger charge is 2.27. The Morgan fingerprint density at radius 1 is 0.431 bits per heavy atom. The maximum Gasteiger partial charge on any atom is 0.200 e. The van der Waals surface area contributed by atoms with Crippen molar-refractivity contribution >= 4 is 0 Å². The number of ether oxygens (including phenoxy) is 9. The molecule has 604 valence electrons. The smallest absolute Gasteiger partial charge is 0.200 e. The fourth-order valence-corrected chi connectivity index (χ4v) is 13.0. The van der Waals surface area contributed by atoms with Crippen LogP contribution in [0.1, 0.15) is 312 Å². The molecule has 9 atom stereocenters. The summed E-state index contributed by atoms with van der Waals surface area (Å²) in [4.78, 5) is 0. The van der Waals surface area contributed by atoms with E-state index in [4.69, 9.17) is 52.8 Å². The molecule has 1 saturated heterocycles. The first-order chi connectivity index (χ1) is 52.4. The first-order valence-corrected chi connectivity index (χ1v) is 41.7. The minimum atomic E-state index is -0.168. The molecule has 3 fully saturated rings. The van der Waals surface area contributed by atoms with Crippen LogP contribution < -0.4 is 18.9 Å². The van der Waals surface area contributed by atoms with E-state index in [1.165, 1.54) is 117 Å². The molecule has 12 nitrogen and oxygen atoms in total. The van der Waals surface area contributed by atoms with Gasteiger partial charge in [0.05, 0.1) is 39.1 Å². The van der Waals surface area contributed by atoms with Crippen LogP contribution in [-0.2, 0) is 43.3 Å². The minimum absolute atomic E-state index is 0.150. The molecule has 0 amide bonds. The minimum Gasteiger partial charge on any atom is -0.508 e. The summed E-state index contributed by atoms with van der Waals surface area (Å²) < 4.78 is 51.2. The van der Waals surface area contributed by atoms with Gasteiger partial charge in [-0.3, -0.25) is 0 Å². The van der Waals surface area contributed by atoms with Gasteiger partial charge in [0.1, 0.15) is 53.0 Å². The first-order valence-electron chi connectivity index (χ1n) is 41.7. The van der Waals surface area contributed by atoms with Crippen molar-refractivity contribution in [3.05, 3.63) is 208 Å². The van der Waals surface area contributed by atoms with Crippen molar-refractivity contribution in [1.29, 1.82) is 0 Å². The fraction of sp³-hybridized carbons (Fsp3) is 0.567. The fourth-order valence-electron chi connectivity index (χ4n) is 13.0. The predicted octanol–water partition coefficient (Wildman–Crippen LogP) is 26.2. The van der Waals surface area contributed by atoms with Gasteiger partial charge in [0, 0.05) is 38.2 Å². The molecule has 10 rings (SSSR count). The summed E-state index contributed by atoms with van der Waals surface area (Å²) in [6.45, 7) is 39.0. The monoisotopic (exact) mass is 1500 g/mol. The summed E-state index contributed by atoms with van der Waals surface area (Å²) in [7, 11) is 3.24. The van der Waals surface area contributed by atoms with Gasteiger partial charge in [-0.2, -0.15) is 0 Å². The van der Waals surface area contributed by atoms with Crippen LogP contribution in [0.3, 0.4) is 0 Å². The van der Waals surface area contributed by atoms with E-state index >= 15 is 0 Å². The Balaban J connectivity index is 0.000000241. The van der Waals surface area contributed by atoms with E-state index < -0.39 is 0 Å². The quantitative estimate of drug-likeness (QED) is 0.0261. The summed E-state index contributed by atoms with van der Waals surface area (Å²) in [6.07, 6.45) is 23.4. The number of benzene rings is 7. The van der Waals surface area contributed by atoms with E-state index in [9.17, 15) is 5.11 Å². The Kier molecular flexibility index (Phi) is 43.7. The van der Waals surface area contributed by atoms with Gasteiger partial charge >= 0.3 is 0 Å². The second-order valence-electron chi connectivity index (χ2n) is 31.9. The number of hydrogen-bond donors (Lipinski definition) is 3. The molecule has 0 radical (unpaired) electrons. The van der Waals surface area contributed by atoms with Gasteiger partial charge in [-0.1, -0.05) is 228 Å². The second kappa shape index (κ2) is 51.5. The van der Waals surface area contributed by atoms with E-state index in [1.54, 1.807) is 38.5 Å². The summed E-state index contributed by atoms with van der Waals surface area (Å²) in [6, 6.07) is 52.5. The normalized spacial score (nSPS) is 16.4. The lowest BCUT2D eigenvalue weighted by Crippen LogP contribution is -2.32. The molecule has 9 unspecified atom stereocenters. The van der Waals surface area contributed by atoms with Crippen molar-refractivity contribution in [3.63, 3.8) is 0 Å². The SMILES string of the molecule is CCC(C)c1ccc(O)cc1.CCC(C)c1ccc(O)cc1.CCC(C)c1ccc(OC(C)OCCC2CCCCC2)cc1.CCC(C)c1ccc(OC(CC(C)(C)C)OC2CCCCC2)cc1.CCC(C)c1ccc(OCC2CO2)cc1.CCC(C)c1ccc(OCCc2cc(COC)c(O)c(COC)c2)cc1. The van der Waals surface area contributed by atoms with Crippen LogP contribution in [0, 0.1) is 11.3 Å². The zero-order valence-electron chi connectivity index (χ0n) is 70.6. The molecule has 7 aromatic rings. The maximum atomic E-state index is 10.3. The predicted molar refractivity (Wildman–Crippen MR) is 452 cm³/mol. The lowest BCUT2D eigenvalue weighted by Gasteiger charge is -2.31. The number of aromatic hydroxyl groups is 3. The molecule has 2 aliphatic carbocycles. The van der Waals surface area contributed by atoms with Crippen molar-refractivity contribution in [1.82, 2.24) is 0 Å². The van der Waals surface area contributed by atoms with Gasteiger partial charge in [0.2, 0.25) is 6.29 Å². The summed E-state index contributed by atoms with van der Waals surface area (Å²) in [5.41, 5.74) is 10.9. The summed E-state index contributed by atoms with van der Waals surface area (Å²) in [5, 5.41) is 28.3. The Morgan fingerprint density at radius 2 is 0.780 bits per heavy atom. The molecule has 0 spiro atoms. The number of epoxide rings is 1. The van der Waals surface area contributed by atoms with E-state index in [1.807, 2.05) is 67.6 Å². The molecule has 7 aromatic carbocycles. The standard InChI is InChI=1S/C22H30O4.C22H36O2.C20H32O2.C13H18O2.2C10H14O/c1-5-16(2)18-6-8-21(9-7-18)26-11-10-17-12-19(14-24-3)22(23)20(13-17)15-25-4;1-6-17(2)18-12-14-20(15-13-18)24-21(16-22(3,4)5)23-19-10-8-7-9-11-19;1-4-16(2)19-10-12-20(13-11-19)22-17(3)21-15-14-18-8-6-5-7-9-18;1-3-10(2)11-4-6-12(7-5-11)14-8-13-9-15-13;2*1-3-8(2)9-4-6-10(11)7-5-9/h6-9,12-13,16,23H,5,10-11,14-15H2,1-4H3;12-15,17,19,21H,6-11,16H2,1-5H3;10-13,16-18H,4-9,14-15H2,1-3H3;4-7,10,13H,3,8-9H2,1-2H3;2*4-8,11H,3H2,1-2H3. The summed E-state index contributed by atoms with van der Waals surface area (Å²) in [5.74, 6) is 9.05. The van der Waals surface area contributed by atoms with Gasteiger partial charge < -0.3 is 58.0 Å². The van der Waals surface area contributed by atoms with E-state index in [0.717, 1.165) is 97.3 Å². The molecule has 2 saturated carbocycles. The Hall–Kier alpha value is -7.06. The number of phenols is 3. The second-order valence-corrected chi connectivity index (χ2v) is 31.9. The summed E-state index contributed by atoms with van der Waals surface area (Å²) >= 11 is 0. The topological polar surface area (TPSA) is 147 Å². The van der Waals surface area contributed by atoms with Crippen molar-refractivity contribution in [2.75, 3.05) is 40.6 Å². The van der Waals surface area contributed by atoms with Crippen LogP contribution in [0.2, 0.25) is 0 Å². The number of methoxy groups -OCH3 is 2. The van der Waals surface area contributed by atoms with Crippen LogP contribution in [0.15, 0.2) is 158 Å². The highest BCUT2D eigenvalue weighted by atomic mass is 16.7. The Bertz CT molecular complexity index is 3360. The highest BCUT2D eigenvalue weighted by Crippen LogP contribution is 2.34. The van der Waals surface area contributed by atoms with Gasteiger partial charge in [-0.15, -0.1) is 0 Å². The van der Waals surface area contributed by atoms with E-state index in [-0.39, 0.29) is 23.7 Å². The van der Waals surface area contributed by atoms with Crippen LogP contribution in [0.4, 0.5) is 0 Å². The van der Waals surface area contributed by atoms with Crippen molar-refractivity contribution < 1.29 is 58.0 Å². The molecule has 12 heteroatoms. The van der Waals surface area contributed by atoms with E-state index in [0.29, 0.717) is 85.6 Å². The Morgan fingerprint density at radius 3 is 1.14 bits per heavy atom. The van der Waals surface area contributed by atoms with E-state index in [2.05, 4.69) is 177 Å².